The maximum Gasteiger partial charge on any atom is 0.137 e. The molecule has 5 heteroatoms. The zero-order valence-electron chi connectivity index (χ0n) is 14.3. The Bertz CT molecular complexity index is 476. The third-order valence-electron chi connectivity index (χ3n) is 4.49. The third kappa shape index (κ3) is 3.28. The Hall–Kier alpha value is -1.36. The number of hydrogen-bond acceptors (Lipinski definition) is 5. The second-order valence-corrected chi connectivity index (χ2v) is 6.09. The minimum Gasteiger partial charge on any atom is -0.370 e. The van der Waals surface area contributed by atoms with Gasteiger partial charge < -0.3 is 10.2 Å². The molecule has 21 heavy (non-hydrogen) atoms. The predicted molar refractivity (Wildman–Crippen MR) is 89.2 cm³/mol. The van der Waals surface area contributed by atoms with Crippen molar-refractivity contribution in [1.29, 1.82) is 0 Å². The molecule has 5 nitrogen and oxygen atoms in total. The lowest BCUT2D eigenvalue weighted by Crippen LogP contribution is -2.55. The van der Waals surface area contributed by atoms with Crippen molar-refractivity contribution < 1.29 is 0 Å². The van der Waals surface area contributed by atoms with Crippen molar-refractivity contribution in [3.63, 3.8) is 0 Å². The molecule has 1 aromatic rings. The van der Waals surface area contributed by atoms with Crippen LogP contribution in [0.3, 0.4) is 0 Å². The van der Waals surface area contributed by atoms with Crippen LogP contribution in [0.25, 0.3) is 0 Å². The number of likely N-dealkylation sites (N-methyl/N-ethyl adjacent to an activating group) is 1. The summed E-state index contributed by atoms with van der Waals surface area (Å²) in [6.45, 7) is 13.8. The highest BCUT2D eigenvalue weighted by Crippen LogP contribution is 2.27. The SMILES string of the molecule is CCNc1nc(CC)nc(N2CC(C)N(C)C(C)C2)c1C. The van der Waals surface area contributed by atoms with E-state index in [1.165, 1.54) is 0 Å². The van der Waals surface area contributed by atoms with E-state index in [1.807, 2.05) is 0 Å². The van der Waals surface area contributed by atoms with Crippen LogP contribution in [-0.2, 0) is 6.42 Å². The van der Waals surface area contributed by atoms with Gasteiger partial charge in [-0.15, -0.1) is 0 Å². The van der Waals surface area contributed by atoms with Crippen molar-refractivity contribution in [3.8, 4) is 0 Å². The van der Waals surface area contributed by atoms with Gasteiger partial charge in [0.2, 0.25) is 0 Å². The van der Waals surface area contributed by atoms with Crippen molar-refractivity contribution >= 4 is 11.6 Å². The van der Waals surface area contributed by atoms with E-state index in [0.717, 1.165) is 49.1 Å². The fourth-order valence-electron chi connectivity index (χ4n) is 2.93. The fraction of sp³-hybridized carbons (Fsp3) is 0.750. The summed E-state index contributed by atoms with van der Waals surface area (Å²) in [6, 6.07) is 1.08. The van der Waals surface area contributed by atoms with Gasteiger partial charge >= 0.3 is 0 Å². The first-order valence-corrected chi connectivity index (χ1v) is 8.06. The van der Waals surface area contributed by atoms with Gasteiger partial charge in [-0.05, 0) is 34.7 Å². The molecule has 0 bridgehead atoms. The van der Waals surface area contributed by atoms with Crippen LogP contribution in [0.2, 0.25) is 0 Å². The van der Waals surface area contributed by atoms with Crippen molar-refractivity contribution in [2.24, 2.45) is 0 Å². The highest BCUT2D eigenvalue weighted by molar-refractivity contribution is 5.59. The van der Waals surface area contributed by atoms with Crippen molar-refractivity contribution in [1.82, 2.24) is 14.9 Å². The first-order valence-electron chi connectivity index (χ1n) is 8.06. The molecule has 0 radical (unpaired) electrons. The van der Waals surface area contributed by atoms with Gasteiger partial charge in [0.25, 0.3) is 0 Å². The molecule has 118 valence electrons. The number of nitrogens with one attached hydrogen (secondary N) is 1. The van der Waals surface area contributed by atoms with E-state index in [0.29, 0.717) is 12.1 Å². The minimum atomic E-state index is 0.538. The summed E-state index contributed by atoms with van der Waals surface area (Å²) in [5.41, 5.74) is 1.16. The Labute approximate surface area is 128 Å². The van der Waals surface area contributed by atoms with Crippen LogP contribution in [0, 0.1) is 6.92 Å². The molecular weight excluding hydrogens is 262 g/mol. The molecule has 1 aromatic heterocycles. The van der Waals surface area contributed by atoms with Gasteiger partial charge in [-0.2, -0.15) is 0 Å². The third-order valence-corrected chi connectivity index (χ3v) is 4.49. The second-order valence-electron chi connectivity index (χ2n) is 6.09. The summed E-state index contributed by atoms with van der Waals surface area (Å²) in [5.74, 6) is 3.01. The zero-order chi connectivity index (χ0) is 15.6. The van der Waals surface area contributed by atoms with E-state index in [-0.39, 0.29) is 0 Å². The van der Waals surface area contributed by atoms with Crippen LogP contribution >= 0.6 is 0 Å². The first-order chi connectivity index (χ1) is 9.97. The molecule has 2 atom stereocenters. The van der Waals surface area contributed by atoms with Crippen molar-refractivity contribution in [2.75, 3.05) is 36.9 Å². The Balaban J connectivity index is 2.36. The highest BCUT2D eigenvalue weighted by atomic mass is 15.3. The quantitative estimate of drug-likeness (QED) is 0.922. The number of hydrogen-bond donors (Lipinski definition) is 1. The Morgan fingerprint density at radius 1 is 1.14 bits per heavy atom. The van der Waals surface area contributed by atoms with Gasteiger partial charge in [-0.1, -0.05) is 6.92 Å². The molecule has 0 amide bonds. The van der Waals surface area contributed by atoms with Gasteiger partial charge in [0.1, 0.15) is 17.5 Å². The maximum absolute atomic E-state index is 4.81. The Kier molecular flexibility index (Phi) is 5.04. The monoisotopic (exact) mass is 291 g/mol. The molecule has 0 saturated carbocycles. The standard InChI is InChI=1S/C16H29N5/c1-7-14-18-15(17-8-2)13(5)16(19-14)21-9-11(3)20(6)12(4)10-21/h11-12H,7-10H2,1-6H3,(H,17,18,19). The van der Waals surface area contributed by atoms with Crippen LogP contribution in [0.5, 0.6) is 0 Å². The molecule has 0 aliphatic carbocycles. The Morgan fingerprint density at radius 3 is 2.29 bits per heavy atom. The van der Waals surface area contributed by atoms with E-state index < -0.39 is 0 Å². The summed E-state index contributed by atoms with van der Waals surface area (Å²) < 4.78 is 0. The van der Waals surface area contributed by atoms with E-state index in [2.05, 4.69) is 61.8 Å². The summed E-state index contributed by atoms with van der Waals surface area (Å²) in [4.78, 5) is 14.3. The average molecular weight is 291 g/mol. The molecule has 1 aliphatic rings. The van der Waals surface area contributed by atoms with Crippen LogP contribution < -0.4 is 10.2 Å². The first kappa shape index (κ1) is 16.0. The van der Waals surface area contributed by atoms with Crippen LogP contribution in [0.15, 0.2) is 0 Å². The summed E-state index contributed by atoms with van der Waals surface area (Å²) in [5, 5.41) is 3.37. The number of aromatic nitrogens is 2. The second kappa shape index (κ2) is 6.60. The molecule has 0 spiro atoms. The molecule has 2 heterocycles. The van der Waals surface area contributed by atoms with Crippen LogP contribution in [-0.4, -0.2) is 53.6 Å². The summed E-state index contributed by atoms with van der Waals surface area (Å²) >= 11 is 0. The predicted octanol–water partition coefficient (Wildman–Crippen LogP) is 2.31. The molecule has 1 N–H and O–H groups in total. The lowest BCUT2D eigenvalue weighted by Gasteiger charge is -2.43. The lowest BCUT2D eigenvalue weighted by atomic mass is 10.1. The van der Waals surface area contributed by atoms with Gasteiger partial charge in [0.15, 0.2) is 0 Å². The molecular formula is C16H29N5. The largest absolute Gasteiger partial charge is 0.370 e. The highest BCUT2D eigenvalue weighted by Gasteiger charge is 2.28. The maximum atomic E-state index is 4.81. The normalized spacial score (nSPS) is 23.4. The zero-order valence-corrected chi connectivity index (χ0v) is 14.3. The Morgan fingerprint density at radius 2 is 1.76 bits per heavy atom. The lowest BCUT2D eigenvalue weighted by molar-refractivity contribution is 0.169. The summed E-state index contributed by atoms with van der Waals surface area (Å²) in [7, 11) is 2.21. The minimum absolute atomic E-state index is 0.538. The average Bonchev–Trinajstić information content (AvgIpc) is 2.46. The van der Waals surface area contributed by atoms with E-state index in [4.69, 9.17) is 4.98 Å². The molecule has 2 unspecified atom stereocenters. The van der Waals surface area contributed by atoms with Crippen LogP contribution in [0.1, 0.15) is 39.1 Å². The molecule has 1 aliphatic heterocycles. The number of anilines is 2. The van der Waals surface area contributed by atoms with E-state index in [9.17, 15) is 0 Å². The molecule has 2 rings (SSSR count). The van der Waals surface area contributed by atoms with Crippen LogP contribution in [0.4, 0.5) is 11.6 Å². The number of piperazine rings is 1. The van der Waals surface area contributed by atoms with E-state index >= 15 is 0 Å². The number of rotatable bonds is 4. The summed E-state index contributed by atoms with van der Waals surface area (Å²) in [6.07, 6.45) is 0.866. The van der Waals surface area contributed by atoms with Crippen molar-refractivity contribution in [3.05, 3.63) is 11.4 Å². The number of aryl methyl sites for hydroxylation is 1. The van der Waals surface area contributed by atoms with Gasteiger partial charge in [0, 0.05) is 43.7 Å². The van der Waals surface area contributed by atoms with Crippen molar-refractivity contribution in [2.45, 2.75) is 53.1 Å². The molecule has 1 fully saturated rings. The molecule has 0 aromatic carbocycles. The van der Waals surface area contributed by atoms with Gasteiger partial charge in [-0.25, -0.2) is 9.97 Å². The molecule has 1 saturated heterocycles. The smallest absolute Gasteiger partial charge is 0.137 e. The van der Waals surface area contributed by atoms with E-state index in [1.54, 1.807) is 0 Å². The number of nitrogens with zero attached hydrogens (tertiary/aromatic N) is 4. The topological polar surface area (TPSA) is 44.3 Å². The van der Waals surface area contributed by atoms with Gasteiger partial charge in [-0.3, -0.25) is 4.90 Å². The van der Waals surface area contributed by atoms with Gasteiger partial charge in [0.05, 0.1) is 0 Å². The fourth-order valence-corrected chi connectivity index (χ4v) is 2.93.